The fourth-order valence-corrected chi connectivity index (χ4v) is 9.30. The van der Waals surface area contributed by atoms with Gasteiger partial charge in [0, 0.05) is 47.0 Å². The first-order valence-electron chi connectivity index (χ1n) is 17.1. The van der Waals surface area contributed by atoms with E-state index in [0.717, 1.165) is 61.0 Å². The fourth-order valence-electron chi connectivity index (χ4n) is 9.30. The smallest absolute Gasteiger partial charge is 0.353 e. The van der Waals surface area contributed by atoms with Gasteiger partial charge < -0.3 is 10.4 Å². The molecule has 4 aromatic rings. The van der Waals surface area contributed by atoms with E-state index >= 15 is 4.39 Å². The number of pyridine rings is 1. The molecule has 2 bridgehead atoms. The second-order valence-electron chi connectivity index (χ2n) is 14.7. The quantitative estimate of drug-likeness (QED) is 0.259. The molecule has 236 valence electrons. The van der Waals surface area contributed by atoms with Gasteiger partial charge in [0.15, 0.2) is 5.82 Å². The van der Waals surface area contributed by atoms with Crippen LogP contribution in [0, 0.1) is 35.9 Å². The van der Waals surface area contributed by atoms with Gasteiger partial charge in [0.25, 0.3) is 0 Å². The highest BCUT2D eigenvalue weighted by molar-refractivity contribution is 5.89. The number of rotatable bonds is 5. The van der Waals surface area contributed by atoms with Crippen molar-refractivity contribution in [3.05, 3.63) is 75.2 Å². The van der Waals surface area contributed by atoms with Gasteiger partial charge in [0.05, 0.1) is 34.2 Å². The number of benzene rings is 1. The molecule has 3 aromatic heterocycles. The lowest BCUT2D eigenvalue weighted by Crippen LogP contribution is -2.35. The van der Waals surface area contributed by atoms with Gasteiger partial charge in [-0.05, 0) is 86.0 Å². The summed E-state index contributed by atoms with van der Waals surface area (Å²) in [5, 5.41) is 15.1. The van der Waals surface area contributed by atoms with Crippen LogP contribution < -0.4 is 11.0 Å². The Hall–Kier alpha value is -4.42. The third-order valence-electron chi connectivity index (χ3n) is 11.8. The lowest BCUT2D eigenvalue weighted by Gasteiger charge is -2.26. The number of hydrogen-bond acceptors (Lipinski definition) is 7. The lowest BCUT2D eigenvalue weighted by atomic mass is 9.77. The van der Waals surface area contributed by atoms with Crippen molar-refractivity contribution < 1.29 is 9.50 Å². The van der Waals surface area contributed by atoms with Gasteiger partial charge in [0.2, 0.25) is 0 Å². The van der Waals surface area contributed by atoms with Crippen molar-refractivity contribution in [1.82, 2.24) is 29.8 Å². The van der Waals surface area contributed by atoms with Gasteiger partial charge in [-0.3, -0.25) is 9.55 Å². The maximum Gasteiger partial charge on any atom is 0.353 e. The van der Waals surface area contributed by atoms with Crippen molar-refractivity contribution in [3.8, 4) is 35.0 Å². The largest absolute Gasteiger partial charge is 0.508 e. The molecule has 0 radical (unpaired) electrons. The minimum Gasteiger partial charge on any atom is -0.508 e. The molecular formula is C38H35FN6O2. The van der Waals surface area contributed by atoms with Gasteiger partial charge in [-0.25, -0.2) is 19.2 Å². The summed E-state index contributed by atoms with van der Waals surface area (Å²) >= 11 is 0. The highest BCUT2D eigenvalue weighted by Crippen LogP contribution is 2.63. The predicted octanol–water partition coefficient (Wildman–Crippen LogP) is 6.07. The Bertz CT molecular complexity index is 2130. The second kappa shape index (κ2) is 9.80. The van der Waals surface area contributed by atoms with Crippen LogP contribution in [0.2, 0.25) is 0 Å². The van der Waals surface area contributed by atoms with Crippen molar-refractivity contribution in [2.24, 2.45) is 17.8 Å². The first-order chi connectivity index (χ1) is 22.9. The molecule has 9 heteroatoms. The van der Waals surface area contributed by atoms with Crippen LogP contribution in [-0.2, 0) is 0 Å². The van der Waals surface area contributed by atoms with Gasteiger partial charge >= 0.3 is 5.69 Å². The Kier molecular flexibility index (Phi) is 5.77. The molecule has 7 atom stereocenters. The van der Waals surface area contributed by atoms with E-state index in [1.807, 2.05) is 19.1 Å². The number of allylic oxidation sites excluding steroid dienone is 1. The summed E-state index contributed by atoms with van der Waals surface area (Å²) in [7, 11) is 0. The minimum atomic E-state index is -0.621. The molecule has 0 spiro atoms. The Morgan fingerprint density at radius 3 is 2.53 bits per heavy atom. The summed E-state index contributed by atoms with van der Waals surface area (Å²) in [6.07, 6.45) is 20.5. The van der Waals surface area contributed by atoms with Crippen LogP contribution in [-0.4, -0.2) is 41.7 Å². The summed E-state index contributed by atoms with van der Waals surface area (Å²) in [5.41, 5.74) is 4.48. The molecule has 6 unspecified atom stereocenters. The standard InChI is InChI=1S/C38H35FN6O2/c1-3-23-17(2)4-5-20-12-22(46)14-25(28(20)23)35-31(39)36-26(15-40-35)34(30-24-13-21-10-11-27(43-21)29(24)30)44-38(47)45(36)37-32(18-6-7-18)41-16-42-33(37)19-8-9-19/h1,4-5,12,14-19,21,23-24,27,29-30,43,46H,6-11,13H2,2H3/t17?,21?,23?,24-,27?,29?,30?/m0/s1. The molecule has 1 aromatic carbocycles. The van der Waals surface area contributed by atoms with E-state index < -0.39 is 11.5 Å². The van der Waals surface area contributed by atoms with Crippen molar-refractivity contribution in [3.63, 3.8) is 0 Å². The minimum absolute atomic E-state index is 0.00376. The number of aromatic hydroxyl groups is 1. The molecule has 2 aliphatic heterocycles. The Morgan fingerprint density at radius 2 is 1.81 bits per heavy atom. The molecule has 0 amide bonds. The maximum atomic E-state index is 17.7. The number of fused-ring (bicyclic) bond motifs is 6. The van der Waals surface area contributed by atoms with E-state index in [4.69, 9.17) is 26.4 Å². The highest BCUT2D eigenvalue weighted by Gasteiger charge is 2.61. The van der Waals surface area contributed by atoms with Crippen LogP contribution in [0.1, 0.15) is 104 Å². The molecule has 5 fully saturated rings. The van der Waals surface area contributed by atoms with Gasteiger partial charge in [-0.1, -0.05) is 25.0 Å². The number of terminal acetylenes is 1. The van der Waals surface area contributed by atoms with E-state index in [1.165, 1.54) is 11.0 Å². The molecule has 3 saturated carbocycles. The molecule has 5 heterocycles. The monoisotopic (exact) mass is 626 g/mol. The molecule has 47 heavy (non-hydrogen) atoms. The van der Waals surface area contributed by atoms with Crippen LogP contribution in [0.4, 0.5) is 4.39 Å². The molecule has 2 N–H and O–H groups in total. The number of phenolic OH excluding ortho intramolecular Hbond substituents is 1. The Morgan fingerprint density at radius 1 is 1.04 bits per heavy atom. The Labute approximate surface area is 271 Å². The molecule has 8 nitrogen and oxygen atoms in total. The molecular weight excluding hydrogens is 591 g/mol. The van der Waals surface area contributed by atoms with Crippen molar-refractivity contribution in [1.29, 1.82) is 0 Å². The number of nitrogens with one attached hydrogen (secondary N) is 1. The molecule has 6 aliphatic rings. The average molecular weight is 627 g/mol. The lowest BCUT2D eigenvalue weighted by molar-refractivity contribution is 0.387. The first kappa shape index (κ1) is 27.7. The van der Waals surface area contributed by atoms with Crippen LogP contribution in [0.15, 0.2) is 35.5 Å². The highest BCUT2D eigenvalue weighted by atomic mass is 19.1. The van der Waals surface area contributed by atoms with Crippen molar-refractivity contribution in [2.75, 3.05) is 0 Å². The van der Waals surface area contributed by atoms with E-state index in [1.54, 1.807) is 24.7 Å². The van der Waals surface area contributed by atoms with Gasteiger partial charge in [0.1, 0.15) is 17.8 Å². The van der Waals surface area contributed by atoms with E-state index in [-0.39, 0.29) is 46.5 Å². The second-order valence-corrected chi connectivity index (χ2v) is 14.7. The average Bonchev–Trinajstić information content (AvgIpc) is 3.95. The first-order valence-corrected chi connectivity index (χ1v) is 17.1. The van der Waals surface area contributed by atoms with Crippen LogP contribution in [0.5, 0.6) is 5.75 Å². The summed E-state index contributed by atoms with van der Waals surface area (Å²) in [5.74, 6) is 3.25. The summed E-state index contributed by atoms with van der Waals surface area (Å²) < 4.78 is 19.2. The number of nitrogens with zero attached hydrogens (tertiary/aromatic N) is 5. The van der Waals surface area contributed by atoms with E-state index in [2.05, 4.69) is 11.2 Å². The van der Waals surface area contributed by atoms with Gasteiger partial charge in [-0.2, -0.15) is 4.98 Å². The zero-order valence-electron chi connectivity index (χ0n) is 26.2. The number of halogens is 1. The van der Waals surface area contributed by atoms with Crippen LogP contribution in [0.3, 0.4) is 0 Å². The van der Waals surface area contributed by atoms with E-state index in [9.17, 15) is 9.90 Å². The molecule has 10 rings (SSSR count). The number of phenols is 1. The topological polar surface area (TPSA) is 106 Å². The Balaban J connectivity index is 1.27. The molecule has 4 aliphatic carbocycles. The summed E-state index contributed by atoms with van der Waals surface area (Å²) in [4.78, 5) is 33.4. The van der Waals surface area contributed by atoms with Crippen molar-refractivity contribution in [2.45, 2.75) is 87.6 Å². The number of hydrogen-bond donors (Lipinski definition) is 2. The molecule has 2 saturated heterocycles. The third kappa shape index (κ3) is 4.07. The van der Waals surface area contributed by atoms with Crippen molar-refractivity contribution >= 4 is 17.0 Å². The van der Waals surface area contributed by atoms with Crippen LogP contribution in [0.25, 0.3) is 33.9 Å². The normalized spacial score (nSPS) is 30.2. The number of piperidine rings is 1. The van der Waals surface area contributed by atoms with Gasteiger partial charge in [-0.15, -0.1) is 6.42 Å². The van der Waals surface area contributed by atoms with Crippen LogP contribution >= 0.6 is 0 Å². The fraction of sp³-hybridized carbons (Fsp3) is 0.447. The van der Waals surface area contributed by atoms with E-state index in [0.29, 0.717) is 46.3 Å². The number of aromatic nitrogens is 5. The summed E-state index contributed by atoms with van der Waals surface area (Å²) in [6, 6.07) is 4.11. The SMILES string of the molecule is C#CC1c2c(cc(O)cc2-c2ncc3c(C4C5C6CCC(C[C@H]45)N6)nc(=O)n(-c4c(C5CC5)ncnc4C4CC4)c3c2F)C=CC1C. The zero-order valence-corrected chi connectivity index (χ0v) is 26.2. The summed E-state index contributed by atoms with van der Waals surface area (Å²) in [6.45, 7) is 2.03. The third-order valence-corrected chi connectivity index (χ3v) is 11.8. The maximum absolute atomic E-state index is 17.7. The predicted molar refractivity (Wildman–Crippen MR) is 176 cm³/mol. The zero-order chi connectivity index (χ0) is 31.7.